The first-order chi connectivity index (χ1) is 8.22. The SMILES string of the molecule is NC=C(C(=C(N)C(N)=C[N+](=O)[O-])[N+](=O)[O-])[N+](=O)[O-]. The third-order valence-corrected chi connectivity index (χ3v) is 1.59. The molecule has 0 aliphatic heterocycles. The van der Waals surface area contributed by atoms with E-state index in [1.165, 1.54) is 0 Å². The highest BCUT2D eigenvalue weighted by molar-refractivity contribution is 5.34. The van der Waals surface area contributed by atoms with Gasteiger partial charge in [-0.15, -0.1) is 0 Å². The molecule has 0 rings (SSSR count). The van der Waals surface area contributed by atoms with Gasteiger partial charge in [-0.1, -0.05) is 0 Å². The maximum absolute atomic E-state index is 10.7. The molecule has 0 bridgehead atoms. The van der Waals surface area contributed by atoms with Gasteiger partial charge < -0.3 is 17.2 Å². The number of nitro groups is 3. The van der Waals surface area contributed by atoms with E-state index in [1.807, 2.05) is 0 Å². The van der Waals surface area contributed by atoms with E-state index in [0.29, 0.717) is 6.20 Å². The van der Waals surface area contributed by atoms with Gasteiger partial charge in [0.2, 0.25) is 0 Å². The predicted molar refractivity (Wildman–Crippen MR) is 56.7 cm³/mol. The molecule has 0 aromatic carbocycles. The van der Waals surface area contributed by atoms with E-state index >= 15 is 0 Å². The van der Waals surface area contributed by atoms with Gasteiger partial charge in [-0.25, -0.2) is 0 Å². The fourth-order valence-electron chi connectivity index (χ4n) is 0.876. The molecule has 6 N–H and O–H groups in total. The smallest absolute Gasteiger partial charge is 0.372 e. The molecule has 0 unspecified atom stereocenters. The summed E-state index contributed by atoms with van der Waals surface area (Å²) in [5.41, 5.74) is 11.0. The van der Waals surface area contributed by atoms with Crippen molar-refractivity contribution in [3.05, 3.63) is 65.5 Å². The fraction of sp³-hybridized carbons (Fsp3) is 0. The Labute approximate surface area is 98.5 Å². The molecule has 0 saturated carbocycles. The van der Waals surface area contributed by atoms with Crippen LogP contribution in [0.2, 0.25) is 0 Å². The minimum Gasteiger partial charge on any atom is -0.399 e. The van der Waals surface area contributed by atoms with Crippen molar-refractivity contribution >= 4 is 0 Å². The second-order valence-electron chi connectivity index (χ2n) is 2.70. The van der Waals surface area contributed by atoms with Crippen LogP contribution < -0.4 is 17.2 Å². The van der Waals surface area contributed by atoms with Crippen molar-refractivity contribution in [3.63, 3.8) is 0 Å². The van der Waals surface area contributed by atoms with Crippen LogP contribution in [0, 0.1) is 30.3 Å². The van der Waals surface area contributed by atoms with Gasteiger partial charge in [-0.2, -0.15) is 0 Å². The van der Waals surface area contributed by atoms with Gasteiger partial charge in [0, 0.05) is 0 Å². The van der Waals surface area contributed by atoms with Gasteiger partial charge in [0.1, 0.15) is 11.4 Å². The summed E-state index contributed by atoms with van der Waals surface area (Å²) >= 11 is 0. The van der Waals surface area contributed by atoms with Gasteiger partial charge in [-0.05, 0) is 0 Å². The van der Waals surface area contributed by atoms with Crippen LogP contribution in [0.4, 0.5) is 0 Å². The average Bonchev–Trinajstić information content (AvgIpc) is 2.22. The van der Waals surface area contributed by atoms with Gasteiger partial charge in [-0.3, -0.25) is 30.3 Å². The Morgan fingerprint density at radius 3 is 1.78 bits per heavy atom. The van der Waals surface area contributed by atoms with E-state index in [-0.39, 0.29) is 6.20 Å². The zero-order valence-electron chi connectivity index (χ0n) is 8.68. The topological polar surface area (TPSA) is 207 Å². The van der Waals surface area contributed by atoms with E-state index < -0.39 is 37.6 Å². The monoisotopic (exact) mass is 260 g/mol. The molecule has 0 fully saturated rings. The Balaban J connectivity index is 5.97. The molecule has 0 amide bonds. The number of rotatable bonds is 5. The lowest BCUT2D eigenvalue weighted by Gasteiger charge is -2.01. The number of nitrogens with two attached hydrogens (primary N) is 3. The highest BCUT2D eigenvalue weighted by Gasteiger charge is 2.33. The largest absolute Gasteiger partial charge is 0.399 e. The summed E-state index contributed by atoms with van der Waals surface area (Å²) in [6.07, 6.45) is 0.511. The summed E-state index contributed by atoms with van der Waals surface area (Å²) in [7, 11) is 0. The normalized spacial score (nSPS) is 13.8. The van der Waals surface area contributed by atoms with Crippen molar-refractivity contribution in [2.45, 2.75) is 0 Å². The summed E-state index contributed by atoms with van der Waals surface area (Å²) in [5.74, 6) is 0. The standard InChI is InChI=1S/C6H8N6O6/c7-1-4(11(15)16)6(12(17)18)5(9)3(8)2-10(13)14/h1-2H,7-9H2. The van der Waals surface area contributed by atoms with Crippen LogP contribution in [0.1, 0.15) is 0 Å². The molecule has 12 nitrogen and oxygen atoms in total. The third kappa shape index (κ3) is 3.44. The van der Waals surface area contributed by atoms with Crippen molar-refractivity contribution < 1.29 is 14.8 Å². The van der Waals surface area contributed by atoms with Crippen molar-refractivity contribution in [1.82, 2.24) is 0 Å². The number of hydrogen-bond acceptors (Lipinski definition) is 9. The molecule has 0 aromatic rings. The predicted octanol–water partition coefficient (Wildman–Crippen LogP) is -1.41. The second-order valence-corrected chi connectivity index (χ2v) is 2.70. The molecule has 18 heavy (non-hydrogen) atoms. The van der Waals surface area contributed by atoms with Gasteiger partial charge in [0.25, 0.3) is 6.20 Å². The molecule has 12 heteroatoms. The highest BCUT2D eigenvalue weighted by atomic mass is 16.6. The summed E-state index contributed by atoms with van der Waals surface area (Å²) in [4.78, 5) is 27.9. The van der Waals surface area contributed by atoms with E-state index in [4.69, 9.17) is 17.2 Å². The lowest BCUT2D eigenvalue weighted by atomic mass is 10.2. The first-order valence-corrected chi connectivity index (χ1v) is 4.04. The number of nitrogens with zero attached hydrogens (tertiary/aromatic N) is 3. The molecular formula is C6H8N6O6. The molecule has 0 saturated heterocycles. The Kier molecular flexibility index (Phi) is 4.76. The zero-order chi connectivity index (χ0) is 14.5. The molecular weight excluding hydrogens is 252 g/mol. The molecule has 0 atom stereocenters. The van der Waals surface area contributed by atoms with Crippen LogP contribution in [0.3, 0.4) is 0 Å². The van der Waals surface area contributed by atoms with Crippen molar-refractivity contribution in [2.75, 3.05) is 0 Å². The maximum atomic E-state index is 10.7. The van der Waals surface area contributed by atoms with E-state index in [1.54, 1.807) is 0 Å². The molecule has 0 heterocycles. The Hall–Kier alpha value is -3.18. The Morgan fingerprint density at radius 1 is 1.00 bits per heavy atom. The lowest BCUT2D eigenvalue weighted by Crippen LogP contribution is -2.21. The molecule has 98 valence electrons. The van der Waals surface area contributed by atoms with Crippen molar-refractivity contribution in [1.29, 1.82) is 0 Å². The fourth-order valence-corrected chi connectivity index (χ4v) is 0.876. The number of hydrogen-bond donors (Lipinski definition) is 3. The zero-order valence-corrected chi connectivity index (χ0v) is 8.68. The average molecular weight is 260 g/mol. The first kappa shape index (κ1) is 14.8. The minimum absolute atomic E-state index is 0.174. The van der Waals surface area contributed by atoms with Crippen LogP contribution in [-0.2, 0) is 0 Å². The first-order valence-electron chi connectivity index (χ1n) is 4.04. The van der Waals surface area contributed by atoms with Crippen LogP contribution in [-0.4, -0.2) is 14.8 Å². The summed E-state index contributed by atoms with van der Waals surface area (Å²) in [6.45, 7) is 0. The summed E-state index contributed by atoms with van der Waals surface area (Å²) < 4.78 is 0. The molecule has 0 aliphatic rings. The van der Waals surface area contributed by atoms with Gasteiger partial charge in [0.15, 0.2) is 0 Å². The second kappa shape index (κ2) is 5.78. The van der Waals surface area contributed by atoms with Crippen LogP contribution in [0.15, 0.2) is 35.2 Å². The highest BCUT2D eigenvalue weighted by Crippen LogP contribution is 2.15. The Morgan fingerprint density at radius 2 is 1.50 bits per heavy atom. The van der Waals surface area contributed by atoms with Crippen LogP contribution in [0.25, 0.3) is 0 Å². The lowest BCUT2D eigenvalue weighted by molar-refractivity contribution is -0.480. The van der Waals surface area contributed by atoms with Crippen LogP contribution in [0.5, 0.6) is 0 Å². The summed E-state index contributed by atoms with van der Waals surface area (Å²) in [5, 5.41) is 31.3. The molecule has 0 radical (unpaired) electrons. The Bertz CT molecular complexity index is 491. The van der Waals surface area contributed by atoms with Gasteiger partial charge in [0.05, 0.1) is 21.0 Å². The van der Waals surface area contributed by atoms with Gasteiger partial charge >= 0.3 is 11.4 Å². The molecule has 0 aliphatic carbocycles. The van der Waals surface area contributed by atoms with Crippen LogP contribution >= 0.6 is 0 Å². The minimum atomic E-state index is -1.22. The summed E-state index contributed by atoms with van der Waals surface area (Å²) in [6, 6.07) is 0. The van der Waals surface area contributed by atoms with E-state index in [2.05, 4.69) is 0 Å². The van der Waals surface area contributed by atoms with E-state index in [0.717, 1.165) is 0 Å². The van der Waals surface area contributed by atoms with E-state index in [9.17, 15) is 30.3 Å². The van der Waals surface area contributed by atoms with Crippen molar-refractivity contribution in [3.8, 4) is 0 Å². The molecule has 0 spiro atoms. The van der Waals surface area contributed by atoms with Crippen molar-refractivity contribution in [2.24, 2.45) is 17.2 Å². The quantitative estimate of drug-likeness (QED) is 0.300. The maximum Gasteiger partial charge on any atom is 0.372 e. The third-order valence-electron chi connectivity index (χ3n) is 1.59. The molecule has 0 aromatic heterocycles.